The maximum Gasteiger partial charge on any atom is 0.306 e. The van der Waals surface area contributed by atoms with E-state index in [1.165, 1.54) is 180 Å². The molecule has 57 heavy (non-hydrogen) atoms. The summed E-state index contributed by atoms with van der Waals surface area (Å²) < 4.78 is 16.7. The Hall–Kier alpha value is -1.59. The van der Waals surface area contributed by atoms with E-state index in [-0.39, 0.29) is 31.1 Å². The first-order valence-electron chi connectivity index (χ1n) is 25.4. The van der Waals surface area contributed by atoms with Gasteiger partial charge in [0.2, 0.25) is 0 Å². The number of ether oxygens (including phenoxy) is 3. The molecule has 0 aromatic rings. The zero-order valence-electron chi connectivity index (χ0n) is 38.8. The van der Waals surface area contributed by atoms with Crippen LogP contribution in [0, 0.1) is 5.92 Å². The number of unbranched alkanes of at least 4 members (excludes halogenated alkanes) is 33. The molecule has 0 aromatic heterocycles. The number of hydrogen-bond acceptors (Lipinski definition) is 6. The Balaban J connectivity index is 4.20. The lowest BCUT2D eigenvalue weighted by Gasteiger charge is -2.18. The molecule has 0 fully saturated rings. The predicted octanol–water partition coefficient (Wildman–Crippen LogP) is 16.3. The van der Waals surface area contributed by atoms with Gasteiger partial charge in [0.05, 0.1) is 0 Å². The van der Waals surface area contributed by atoms with Gasteiger partial charge in [-0.1, -0.05) is 246 Å². The lowest BCUT2D eigenvalue weighted by Crippen LogP contribution is -2.30. The normalized spacial score (nSPS) is 11.9. The molecule has 0 aliphatic carbocycles. The molecule has 6 nitrogen and oxygen atoms in total. The average Bonchev–Trinajstić information content (AvgIpc) is 3.19. The first-order chi connectivity index (χ1) is 27.9. The van der Waals surface area contributed by atoms with Crippen molar-refractivity contribution in [1.82, 2.24) is 0 Å². The molecular formula is C51H98O6. The monoisotopic (exact) mass is 807 g/mol. The van der Waals surface area contributed by atoms with E-state index in [9.17, 15) is 14.4 Å². The summed E-state index contributed by atoms with van der Waals surface area (Å²) in [6.07, 6.45) is 46.7. The molecule has 0 radical (unpaired) electrons. The maximum atomic E-state index is 12.7. The molecule has 0 amide bonds. The van der Waals surface area contributed by atoms with E-state index in [1.807, 2.05) is 0 Å². The quantitative estimate of drug-likeness (QED) is 0.0346. The fourth-order valence-corrected chi connectivity index (χ4v) is 7.69. The largest absolute Gasteiger partial charge is 0.462 e. The van der Waals surface area contributed by atoms with E-state index in [4.69, 9.17) is 14.2 Å². The van der Waals surface area contributed by atoms with Gasteiger partial charge in [0, 0.05) is 19.3 Å². The van der Waals surface area contributed by atoms with Crippen LogP contribution in [0.2, 0.25) is 0 Å². The maximum absolute atomic E-state index is 12.7. The molecule has 338 valence electrons. The van der Waals surface area contributed by atoms with Crippen LogP contribution < -0.4 is 0 Å². The van der Waals surface area contributed by atoms with Crippen LogP contribution in [0.4, 0.5) is 0 Å². The van der Waals surface area contributed by atoms with Gasteiger partial charge in [0.25, 0.3) is 0 Å². The highest BCUT2D eigenvalue weighted by molar-refractivity contribution is 5.71. The topological polar surface area (TPSA) is 78.9 Å². The molecule has 6 heteroatoms. The first kappa shape index (κ1) is 55.4. The molecule has 0 unspecified atom stereocenters. The van der Waals surface area contributed by atoms with Crippen LogP contribution in [-0.4, -0.2) is 37.2 Å². The molecule has 0 rings (SSSR count). The summed E-state index contributed by atoms with van der Waals surface area (Å²) in [6, 6.07) is 0. The predicted molar refractivity (Wildman–Crippen MR) is 243 cm³/mol. The van der Waals surface area contributed by atoms with Gasteiger partial charge < -0.3 is 14.2 Å². The van der Waals surface area contributed by atoms with Crippen LogP contribution in [0.5, 0.6) is 0 Å². The van der Waals surface area contributed by atoms with Gasteiger partial charge in [-0.3, -0.25) is 14.4 Å². The third kappa shape index (κ3) is 45.3. The van der Waals surface area contributed by atoms with E-state index < -0.39 is 6.10 Å². The smallest absolute Gasteiger partial charge is 0.306 e. The Morgan fingerprint density at radius 1 is 0.333 bits per heavy atom. The molecule has 0 aliphatic heterocycles. The lowest BCUT2D eigenvalue weighted by atomic mass is 10.0. The van der Waals surface area contributed by atoms with E-state index in [0.717, 1.165) is 63.7 Å². The van der Waals surface area contributed by atoms with E-state index in [1.54, 1.807) is 0 Å². The van der Waals surface area contributed by atoms with Gasteiger partial charge in [-0.2, -0.15) is 0 Å². The van der Waals surface area contributed by atoms with Crippen molar-refractivity contribution in [2.24, 2.45) is 5.92 Å². The van der Waals surface area contributed by atoms with Gasteiger partial charge in [-0.25, -0.2) is 0 Å². The highest BCUT2D eigenvalue weighted by Crippen LogP contribution is 2.17. The summed E-state index contributed by atoms with van der Waals surface area (Å²) in [7, 11) is 0. The highest BCUT2D eigenvalue weighted by Gasteiger charge is 2.19. The number of hydrogen-bond donors (Lipinski definition) is 0. The summed E-state index contributed by atoms with van der Waals surface area (Å²) in [5.74, 6) is -0.0743. The molecule has 0 spiro atoms. The van der Waals surface area contributed by atoms with Crippen molar-refractivity contribution in [2.45, 2.75) is 291 Å². The zero-order valence-corrected chi connectivity index (χ0v) is 38.8. The van der Waals surface area contributed by atoms with Gasteiger partial charge in [0.1, 0.15) is 13.2 Å². The van der Waals surface area contributed by atoms with Gasteiger partial charge in [-0.15, -0.1) is 0 Å². The minimum absolute atomic E-state index is 0.0639. The van der Waals surface area contributed by atoms with Gasteiger partial charge >= 0.3 is 17.9 Å². The third-order valence-corrected chi connectivity index (χ3v) is 11.5. The summed E-state index contributed by atoms with van der Waals surface area (Å²) >= 11 is 0. The van der Waals surface area contributed by atoms with Crippen molar-refractivity contribution < 1.29 is 28.6 Å². The standard InChI is InChI=1S/C51H98O6/c1-5-7-9-11-13-15-17-18-19-20-21-22-23-24-25-27-31-35-39-43-50(53)56-46-48(57-51(54)44-40-36-32-28-29-33-37-41-47(3)4)45-55-49(52)42-38-34-30-26-16-14-12-10-8-6-2/h47-48H,5-46H2,1-4H3/t48-/m0/s1. The van der Waals surface area contributed by atoms with E-state index in [0.29, 0.717) is 19.3 Å². The number of carbonyl (C=O) groups excluding carboxylic acids is 3. The van der Waals surface area contributed by atoms with Crippen molar-refractivity contribution in [3.63, 3.8) is 0 Å². The highest BCUT2D eigenvalue weighted by atomic mass is 16.6. The van der Waals surface area contributed by atoms with Crippen molar-refractivity contribution in [1.29, 1.82) is 0 Å². The van der Waals surface area contributed by atoms with Crippen molar-refractivity contribution in [3.05, 3.63) is 0 Å². The zero-order chi connectivity index (χ0) is 41.7. The summed E-state index contributed by atoms with van der Waals surface area (Å²) in [5, 5.41) is 0. The molecule has 0 N–H and O–H groups in total. The summed E-state index contributed by atoms with van der Waals surface area (Å²) in [5.41, 5.74) is 0. The number of carbonyl (C=O) groups is 3. The Labute approximate surface area is 355 Å². The van der Waals surface area contributed by atoms with E-state index in [2.05, 4.69) is 27.7 Å². The van der Waals surface area contributed by atoms with Crippen molar-refractivity contribution in [3.8, 4) is 0 Å². The number of rotatable bonds is 46. The summed E-state index contributed by atoms with van der Waals surface area (Å²) in [6.45, 7) is 8.96. The second-order valence-corrected chi connectivity index (χ2v) is 17.9. The Morgan fingerprint density at radius 2 is 0.579 bits per heavy atom. The van der Waals surface area contributed by atoms with Crippen LogP contribution in [0.25, 0.3) is 0 Å². The first-order valence-corrected chi connectivity index (χ1v) is 25.4. The van der Waals surface area contributed by atoms with Gasteiger partial charge in [0.15, 0.2) is 6.10 Å². The van der Waals surface area contributed by atoms with Crippen molar-refractivity contribution >= 4 is 17.9 Å². The van der Waals surface area contributed by atoms with Crippen LogP contribution in [0.1, 0.15) is 285 Å². The number of esters is 3. The Morgan fingerprint density at radius 3 is 0.860 bits per heavy atom. The SMILES string of the molecule is CCCCCCCCCCCCCCCCCCCCCC(=O)OC[C@H](COC(=O)CCCCCCCCCCCC)OC(=O)CCCCCCCCCC(C)C. The van der Waals surface area contributed by atoms with Crippen LogP contribution in [0.15, 0.2) is 0 Å². The van der Waals surface area contributed by atoms with Crippen LogP contribution >= 0.6 is 0 Å². The molecule has 0 aliphatic rings. The Kier molecular flexibility index (Phi) is 44.2. The molecule has 0 bridgehead atoms. The second-order valence-electron chi connectivity index (χ2n) is 17.9. The third-order valence-electron chi connectivity index (χ3n) is 11.5. The molecule has 0 heterocycles. The molecule has 0 saturated carbocycles. The second kappa shape index (κ2) is 45.5. The molecule has 1 atom stereocenters. The average molecular weight is 807 g/mol. The fraction of sp³-hybridized carbons (Fsp3) is 0.941. The molecule has 0 aromatic carbocycles. The van der Waals surface area contributed by atoms with Gasteiger partial charge in [-0.05, 0) is 25.2 Å². The lowest BCUT2D eigenvalue weighted by molar-refractivity contribution is -0.167. The minimum atomic E-state index is -0.760. The molecular weight excluding hydrogens is 709 g/mol. The van der Waals surface area contributed by atoms with E-state index >= 15 is 0 Å². The minimum Gasteiger partial charge on any atom is -0.462 e. The molecule has 0 saturated heterocycles. The Bertz CT molecular complexity index is 857. The van der Waals surface area contributed by atoms with Crippen LogP contribution in [0.3, 0.4) is 0 Å². The summed E-state index contributed by atoms with van der Waals surface area (Å²) in [4.78, 5) is 37.8. The fourth-order valence-electron chi connectivity index (χ4n) is 7.69. The van der Waals surface area contributed by atoms with Crippen molar-refractivity contribution in [2.75, 3.05) is 13.2 Å². The van der Waals surface area contributed by atoms with Crippen LogP contribution in [-0.2, 0) is 28.6 Å².